The first kappa shape index (κ1) is 15.4. The summed E-state index contributed by atoms with van der Waals surface area (Å²) in [5.74, 6) is 1.95. The highest BCUT2D eigenvalue weighted by Crippen LogP contribution is 2.35. The fourth-order valence-corrected chi connectivity index (χ4v) is 3.68. The lowest BCUT2D eigenvalue weighted by Gasteiger charge is -2.22. The van der Waals surface area contributed by atoms with Crippen LogP contribution in [0.25, 0.3) is 17.0 Å². The number of hydrogen-bond donors (Lipinski definition) is 0. The third-order valence-electron chi connectivity index (χ3n) is 4.44. The van der Waals surface area contributed by atoms with Crippen LogP contribution in [0.5, 0.6) is 0 Å². The van der Waals surface area contributed by atoms with Crippen molar-refractivity contribution in [2.75, 3.05) is 11.4 Å². The number of aromatic nitrogens is 7. The molecule has 1 aliphatic rings. The van der Waals surface area contributed by atoms with Gasteiger partial charge in [0.05, 0.1) is 0 Å². The fraction of sp³-hybridized carbons (Fsp3) is 0.250. The first-order valence-electron chi connectivity index (χ1n) is 8.20. The summed E-state index contributed by atoms with van der Waals surface area (Å²) < 4.78 is 7.94. The van der Waals surface area contributed by atoms with Gasteiger partial charge in [0.25, 0.3) is 0 Å². The van der Waals surface area contributed by atoms with Crippen LogP contribution in [-0.4, -0.2) is 41.9 Å². The van der Waals surface area contributed by atoms with Crippen LogP contribution in [0.2, 0.25) is 0 Å². The highest BCUT2D eigenvalue weighted by molar-refractivity contribution is 9.10. The SMILES string of the molecule is Brc1ccccc1-c1noc(C2CCCN2c2ccc3nnnn3n2)n1. The molecule has 5 rings (SSSR count). The standard InChI is InChI=1S/C16H13BrN8O/c17-11-5-2-1-4-10(11)15-18-16(26-21-15)12-6-3-9-24(12)14-8-7-13-19-22-23-25(13)20-14/h1-2,4-5,7-8,12H,3,6,9H2. The summed E-state index contributed by atoms with van der Waals surface area (Å²) >= 11 is 3.53. The molecule has 9 nitrogen and oxygen atoms in total. The topological polar surface area (TPSA) is 98.1 Å². The Bertz CT molecular complexity index is 1080. The van der Waals surface area contributed by atoms with Crippen molar-refractivity contribution in [3.63, 3.8) is 0 Å². The van der Waals surface area contributed by atoms with Crippen LogP contribution in [-0.2, 0) is 0 Å². The average molecular weight is 413 g/mol. The van der Waals surface area contributed by atoms with Crippen LogP contribution in [0.4, 0.5) is 5.82 Å². The molecule has 4 heterocycles. The van der Waals surface area contributed by atoms with Crippen LogP contribution in [0.3, 0.4) is 0 Å². The van der Waals surface area contributed by atoms with Crippen molar-refractivity contribution in [3.05, 3.63) is 46.8 Å². The maximum Gasteiger partial charge on any atom is 0.249 e. The van der Waals surface area contributed by atoms with Gasteiger partial charge in [0.1, 0.15) is 6.04 Å². The van der Waals surface area contributed by atoms with E-state index in [1.54, 1.807) is 0 Å². The zero-order valence-corrected chi connectivity index (χ0v) is 15.1. The Labute approximate surface area is 156 Å². The summed E-state index contributed by atoms with van der Waals surface area (Å²) in [6.07, 6.45) is 1.94. The van der Waals surface area contributed by atoms with E-state index in [2.05, 4.69) is 51.6 Å². The number of nitrogens with zero attached hydrogens (tertiary/aromatic N) is 8. The summed E-state index contributed by atoms with van der Waals surface area (Å²) in [5, 5.41) is 20.0. The van der Waals surface area contributed by atoms with Gasteiger partial charge < -0.3 is 9.42 Å². The summed E-state index contributed by atoms with van der Waals surface area (Å²) in [5.41, 5.74) is 1.51. The first-order valence-corrected chi connectivity index (χ1v) is 8.99. The average Bonchev–Trinajstić information content (AvgIpc) is 3.40. The van der Waals surface area contributed by atoms with Gasteiger partial charge in [-0.15, -0.1) is 14.8 Å². The lowest BCUT2D eigenvalue weighted by Crippen LogP contribution is -2.24. The molecule has 130 valence electrons. The molecule has 0 radical (unpaired) electrons. The highest BCUT2D eigenvalue weighted by atomic mass is 79.9. The van der Waals surface area contributed by atoms with Gasteiger partial charge in [-0.05, 0) is 47.5 Å². The number of halogens is 1. The van der Waals surface area contributed by atoms with Gasteiger partial charge in [-0.2, -0.15) is 4.98 Å². The Morgan fingerprint density at radius 3 is 3.00 bits per heavy atom. The molecule has 4 aromatic rings. The van der Waals surface area contributed by atoms with Crippen molar-refractivity contribution in [1.29, 1.82) is 0 Å². The van der Waals surface area contributed by atoms with Gasteiger partial charge in [0.15, 0.2) is 11.5 Å². The fourth-order valence-electron chi connectivity index (χ4n) is 3.21. The summed E-state index contributed by atoms with van der Waals surface area (Å²) in [7, 11) is 0. The van der Waals surface area contributed by atoms with E-state index in [9.17, 15) is 0 Å². The molecule has 0 bridgehead atoms. The molecule has 1 saturated heterocycles. The van der Waals surface area contributed by atoms with Crippen molar-refractivity contribution < 1.29 is 4.52 Å². The molecular formula is C16H13BrN8O. The number of tetrazole rings is 1. The van der Waals surface area contributed by atoms with Crippen LogP contribution < -0.4 is 4.90 Å². The number of anilines is 1. The smallest absolute Gasteiger partial charge is 0.249 e. The molecule has 26 heavy (non-hydrogen) atoms. The molecule has 0 saturated carbocycles. The van der Waals surface area contributed by atoms with E-state index in [0.29, 0.717) is 17.4 Å². The van der Waals surface area contributed by atoms with E-state index in [4.69, 9.17) is 4.52 Å². The lowest BCUT2D eigenvalue weighted by molar-refractivity contribution is 0.354. The van der Waals surface area contributed by atoms with Gasteiger partial charge in [-0.25, -0.2) is 0 Å². The van der Waals surface area contributed by atoms with Crippen molar-refractivity contribution in [1.82, 2.24) is 35.4 Å². The zero-order chi connectivity index (χ0) is 17.5. The van der Waals surface area contributed by atoms with E-state index in [0.717, 1.165) is 35.2 Å². The Kier molecular flexibility index (Phi) is 3.63. The Morgan fingerprint density at radius 2 is 2.08 bits per heavy atom. The van der Waals surface area contributed by atoms with Crippen molar-refractivity contribution in [2.24, 2.45) is 0 Å². The quantitative estimate of drug-likeness (QED) is 0.506. The van der Waals surface area contributed by atoms with E-state index < -0.39 is 0 Å². The van der Waals surface area contributed by atoms with Crippen LogP contribution in [0.15, 0.2) is 45.4 Å². The highest BCUT2D eigenvalue weighted by Gasteiger charge is 2.32. The van der Waals surface area contributed by atoms with Crippen molar-refractivity contribution >= 4 is 27.4 Å². The number of fused-ring (bicyclic) bond motifs is 1. The molecule has 10 heteroatoms. The molecule has 0 spiro atoms. The minimum atomic E-state index is -0.0137. The van der Waals surface area contributed by atoms with Gasteiger partial charge in [0.2, 0.25) is 11.7 Å². The van der Waals surface area contributed by atoms with Crippen molar-refractivity contribution in [3.8, 4) is 11.4 Å². The molecule has 0 N–H and O–H groups in total. The third kappa shape index (κ3) is 2.53. The molecule has 1 aromatic carbocycles. The Balaban J connectivity index is 1.48. The summed E-state index contributed by atoms with van der Waals surface area (Å²) in [6.45, 7) is 0.859. The number of rotatable bonds is 3. The largest absolute Gasteiger partial charge is 0.343 e. The second-order valence-electron chi connectivity index (χ2n) is 6.01. The molecule has 3 aromatic heterocycles. The third-order valence-corrected chi connectivity index (χ3v) is 5.14. The van der Waals surface area contributed by atoms with Crippen molar-refractivity contribution in [2.45, 2.75) is 18.9 Å². The van der Waals surface area contributed by atoms with Crippen LogP contribution in [0.1, 0.15) is 24.8 Å². The maximum atomic E-state index is 5.58. The molecule has 1 aliphatic heterocycles. The van der Waals surface area contributed by atoms with Gasteiger partial charge in [-0.1, -0.05) is 33.2 Å². The molecule has 0 aliphatic carbocycles. The minimum absolute atomic E-state index is 0.0137. The number of benzene rings is 1. The molecule has 1 unspecified atom stereocenters. The monoisotopic (exact) mass is 412 g/mol. The second-order valence-corrected chi connectivity index (χ2v) is 6.86. The number of hydrogen-bond acceptors (Lipinski definition) is 8. The molecular weight excluding hydrogens is 400 g/mol. The zero-order valence-electron chi connectivity index (χ0n) is 13.5. The van der Waals surface area contributed by atoms with E-state index in [1.807, 2.05) is 36.4 Å². The van der Waals surface area contributed by atoms with E-state index >= 15 is 0 Å². The van der Waals surface area contributed by atoms with E-state index in [1.165, 1.54) is 4.63 Å². The predicted molar refractivity (Wildman–Crippen MR) is 95.3 cm³/mol. The maximum absolute atomic E-state index is 5.58. The van der Waals surface area contributed by atoms with Crippen LogP contribution in [0, 0.1) is 0 Å². The first-order chi connectivity index (χ1) is 12.8. The van der Waals surface area contributed by atoms with Gasteiger partial charge in [-0.3, -0.25) is 0 Å². The minimum Gasteiger partial charge on any atom is -0.343 e. The van der Waals surface area contributed by atoms with Gasteiger partial charge in [0, 0.05) is 16.6 Å². The Hall–Kier alpha value is -2.88. The molecule has 0 amide bonds. The van der Waals surface area contributed by atoms with Gasteiger partial charge >= 0.3 is 0 Å². The van der Waals surface area contributed by atoms with Crippen LogP contribution >= 0.6 is 15.9 Å². The van der Waals surface area contributed by atoms with E-state index in [-0.39, 0.29) is 6.04 Å². The lowest BCUT2D eigenvalue weighted by atomic mass is 10.2. The summed E-state index contributed by atoms with van der Waals surface area (Å²) in [6, 6.07) is 11.6. The molecule has 1 atom stereocenters. The second kappa shape index (κ2) is 6.13. The summed E-state index contributed by atoms with van der Waals surface area (Å²) in [4.78, 5) is 6.78. The predicted octanol–water partition coefficient (Wildman–Crippen LogP) is 2.67. The Morgan fingerprint density at radius 1 is 1.15 bits per heavy atom. The molecule has 1 fully saturated rings. The normalized spacial score (nSPS) is 17.3.